The van der Waals surface area contributed by atoms with Gasteiger partial charge in [0.1, 0.15) is 0 Å². The zero-order valence-corrected chi connectivity index (χ0v) is 15.8. The van der Waals surface area contributed by atoms with Crippen LogP contribution in [0.5, 0.6) is 0 Å². The molecular weight excluding hydrogens is 350 g/mol. The molecule has 0 saturated heterocycles. The van der Waals surface area contributed by atoms with Gasteiger partial charge in [0.2, 0.25) is 0 Å². The number of carbonyl (C=O) groups is 1. The molecule has 4 aromatic rings. The lowest BCUT2D eigenvalue weighted by molar-refractivity contribution is 0.0740. The van der Waals surface area contributed by atoms with Crippen LogP contribution in [-0.4, -0.2) is 38.2 Å². The Morgan fingerprint density at radius 2 is 1.61 bits per heavy atom. The summed E-state index contributed by atoms with van der Waals surface area (Å²) < 4.78 is 0. The van der Waals surface area contributed by atoms with Crippen molar-refractivity contribution < 1.29 is 4.79 Å². The number of nitrogens with zero attached hydrogens (tertiary/aromatic N) is 3. The van der Waals surface area contributed by atoms with Crippen LogP contribution in [0.3, 0.4) is 0 Å². The summed E-state index contributed by atoms with van der Waals surface area (Å²) in [5, 5.41) is 14.5. The van der Waals surface area contributed by atoms with Gasteiger partial charge in [-0.05, 0) is 13.0 Å². The van der Waals surface area contributed by atoms with Crippen LogP contribution >= 0.6 is 0 Å². The van der Waals surface area contributed by atoms with Gasteiger partial charge >= 0.3 is 0 Å². The van der Waals surface area contributed by atoms with Crippen LogP contribution in [0.1, 0.15) is 29.0 Å². The summed E-state index contributed by atoms with van der Waals surface area (Å²) in [4.78, 5) is 14.8. The van der Waals surface area contributed by atoms with Crippen LogP contribution in [0.2, 0.25) is 0 Å². The number of hydrogen-bond donors (Lipinski definition) is 2. The van der Waals surface area contributed by atoms with Gasteiger partial charge in [0.05, 0.1) is 34.9 Å². The number of amides is 1. The minimum absolute atomic E-state index is 0.101. The van der Waals surface area contributed by atoms with E-state index in [9.17, 15) is 4.79 Å². The monoisotopic (exact) mass is 371 g/mol. The predicted molar refractivity (Wildman–Crippen MR) is 109 cm³/mol. The molecule has 0 spiro atoms. The molecule has 140 valence electrons. The Morgan fingerprint density at radius 1 is 0.964 bits per heavy atom. The van der Waals surface area contributed by atoms with Crippen molar-refractivity contribution in [1.82, 2.24) is 25.3 Å². The first-order valence-corrected chi connectivity index (χ1v) is 9.12. The number of rotatable bonds is 5. The van der Waals surface area contributed by atoms with E-state index in [-0.39, 0.29) is 11.9 Å². The van der Waals surface area contributed by atoms with Crippen molar-refractivity contribution in [2.75, 3.05) is 7.05 Å². The smallest absolute Gasteiger partial charge is 0.257 e. The van der Waals surface area contributed by atoms with Crippen molar-refractivity contribution in [3.63, 3.8) is 0 Å². The average Bonchev–Trinajstić information content (AvgIpc) is 3.43. The lowest BCUT2D eigenvalue weighted by Gasteiger charge is -2.23. The molecule has 6 nitrogen and oxygen atoms in total. The molecule has 0 radical (unpaired) electrons. The summed E-state index contributed by atoms with van der Waals surface area (Å²) >= 11 is 0. The van der Waals surface area contributed by atoms with Crippen LogP contribution in [0, 0.1) is 0 Å². The maximum Gasteiger partial charge on any atom is 0.257 e. The van der Waals surface area contributed by atoms with Crippen molar-refractivity contribution in [2.45, 2.75) is 13.0 Å². The van der Waals surface area contributed by atoms with Gasteiger partial charge in [-0.2, -0.15) is 10.2 Å². The van der Waals surface area contributed by atoms with E-state index in [2.05, 4.69) is 20.4 Å². The fourth-order valence-electron chi connectivity index (χ4n) is 3.16. The van der Waals surface area contributed by atoms with Crippen molar-refractivity contribution in [3.8, 4) is 22.5 Å². The fourth-order valence-corrected chi connectivity index (χ4v) is 3.16. The zero-order valence-electron chi connectivity index (χ0n) is 15.8. The molecule has 0 bridgehead atoms. The van der Waals surface area contributed by atoms with E-state index in [1.807, 2.05) is 73.7 Å². The zero-order chi connectivity index (χ0) is 19.5. The maximum atomic E-state index is 13.1. The van der Waals surface area contributed by atoms with Crippen LogP contribution in [-0.2, 0) is 0 Å². The second kappa shape index (κ2) is 7.52. The van der Waals surface area contributed by atoms with Gasteiger partial charge in [-0.1, -0.05) is 60.7 Å². The molecule has 2 heterocycles. The number of nitrogens with one attached hydrogen (secondary N) is 2. The van der Waals surface area contributed by atoms with Crippen LogP contribution in [0.4, 0.5) is 0 Å². The van der Waals surface area contributed by atoms with Gasteiger partial charge in [0, 0.05) is 18.2 Å². The van der Waals surface area contributed by atoms with E-state index in [4.69, 9.17) is 0 Å². The Labute approximate surface area is 163 Å². The number of H-pyrrole nitrogens is 2. The van der Waals surface area contributed by atoms with E-state index < -0.39 is 0 Å². The molecule has 1 atom stereocenters. The van der Waals surface area contributed by atoms with E-state index in [0.29, 0.717) is 5.56 Å². The molecule has 2 N–H and O–H groups in total. The molecule has 2 aromatic heterocycles. The molecule has 4 rings (SSSR count). The topological polar surface area (TPSA) is 77.7 Å². The third kappa shape index (κ3) is 3.32. The van der Waals surface area contributed by atoms with E-state index >= 15 is 0 Å². The van der Waals surface area contributed by atoms with Crippen molar-refractivity contribution >= 4 is 5.91 Å². The minimum atomic E-state index is -0.170. The largest absolute Gasteiger partial charge is 0.333 e. The summed E-state index contributed by atoms with van der Waals surface area (Å²) in [7, 11) is 1.79. The normalized spacial score (nSPS) is 11.9. The van der Waals surface area contributed by atoms with E-state index in [1.165, 1.54) is 0 Å². The maximum absolute atomic E-state index is 13.1. The fraction of sp³-hybridized carbons (Fsp3) is 0.136. The number of benzene rings is 2. The molecule has 28 heavy (non-hydrogen) atoms. The summed E-state index contributed by atoms with van der Waals surface area (Å²) in [6.45, 7) is 1.97. The Balaban J connectivity index is 1.57. The van der Waals surface area contributed by atoms with Crippen molar-refractivity contribution in [2.24, 2.45) is 0 Å². The molecule has 6 heteroatoms. The van der Waals surface area contributed by atoms with Crippen molar-refractivity contribution in [1.29, 1.82) is 0 Å². The first kappa shape index (κ1) is 17.7. The Bertz CT molecular complexity index is 1070. The van der Waals surface area contributed by atoms with E-state index in [1.54, 1.807) is 18.1 Å². The molecule has 0 unspecified atom stereocenters. The van der Waals surface area contributed by atoms with Gasteiger partial charge in [-0.15, -0.1) is 0 Å². The highest BCUT2D eigenvalue weighted by molar-refractivity contribution is 5.99. The summed E-state index contributed by atoms with van der Waals surface area (Å²) in [6, 6.07) is 21.5. The SMILES string of the molecule is C[C@H](c1cc(-c2ccccc2)n[nH]1)N(C)C(=O)c1cn[nH]c1-c1ccccc1. The first-order chi connectivity index (χ1) is 13.6. The number of hydrogen-bond acceptors (Lipinski definition) is 3. The van der Waals surface area contributed by atoms with Crippen molar-refractivity contribution in [3.05, 3.63) is 84.2 Å². The predicted octanol–water partition coefficient (Wildman–Crippen LogP) is 4.30. The highest BCUT2D eigenvalue weighted by atomic mass is 16.2. The van der Waals surface area contributed by atoms with Gasteiger partial charge < -0.3 is 4.90 Å². The summed E-state index contributed by atoms with van der Waals surface area (Å²) in [5.74, 6) is -0.101. The minimum Gasteiger partial charge on any atom is -0.333 e. The number of aromatic amines is 2. The second-order valence-electron chi connectivity index (χ2n) is 6.69. The third-order valence-electron chi connectivity index (χ3n) is 4.95. The number of aromatic nitrogens is 4. The Morgan fingerprint density at radius 3 is 2.29 bits per heavy atom. The van der Waals surface area contributed by atoms with Crippen LogP contribution < -0.4 is 0 Å². The standard InChI is InChI=1S/C22H21N5O/c1-15(19-13-20(25-24-19)16-9-5-3-6-10-16)27(2)22(28)18-14-23-26-21(18)17-11-7-4-8-12-17/h3-15H,1-2H3,(H,23,26)(H,24,25)/t15-/m1/s1. The molecule has 0 fully saturated rings. The molecule has 0 saturated carbocycles. The molecular formula is C22H21N5O. The summed E-state index contributed by atoms with van der Waals surface area (Å²) in [5.41, 5.74) is 4.96. The van der Waals surface area contributed by atoms with Gasteiger partial charge in [-0.3, -0.25) is 15.0 Å². The molecule has 1 amide bonds. The quantitative estimate of drug-likeness (QED) is 0.549. The highest BCUT2D eigenvalue weighted by Crippen LogP contribution is 2.27. The molecule has 2 aromatic carbocycles. The second-order valence-corrected chi connectivity index (χ2v) is 6.69. The van der Waals surface area contributed by atoms with Gasteiger partial charge in [0.25, 0.3) is 5.91 Å². The third-order valence-corrected chi connectivity index (χ3v) is 4.95. The lowest BCUT2D eigenvalue weighted by atomic mass is 10.1. The van der Waals surface area contributed by atoms with Crippen LogP contribution in [0.25, 0.3) is 22.5 Å². The number of carbonyl (C=O) groups excluding carboxylic acids is 1. The Hall–Kier alpha value is -3.67. The van der Waals surface area contributed by atoms with Crippen LogP contribution in [0.15, 0.2) is 72.9 Å². The molecule has 0 aliphatic rings. The molecule has 0 aliphatic heterocycles. The van der Waals surface area contributed by atoms with E-state index in [0.717, 1.165) is 28.2 Å². The van der Waals surface area contributed by atoms with Gasteiger partial charge in [-0.25, -0.2) is 0 Å². The molecule has 0 aliphatic carbocycles. The highest BCUT2D eigenvalue weighted by Gasteiger charge is 2.24. The summed E-state index contributed by atoms with van der Waals surface area (Å²) in [6.07, 6.45) is 1.58. The van der Waals surface area contributed by atoms with Gasteiger partial charge in [0.15, 0.2) is 0 Å². The first-order valence-electron chi connectivity index (χ1n) is 9.12. The Kier molecular flexibility index (Phi) is 4.76. The average molecular weight is 371 g/mol. The lowest BCUT2D eigenvalue weighted by Crippen LogP contribution is -2.30.